The molecule has 6 nitrogen and oxygen atoms in total. The van der Waals surface area contributed by atoms with Gasteiger partial charge in [0.25, 0.3) is 11.1 Å². The second kappa shape index (κ2) is 9.25. The molecule has 1 fully saturated rings. The van der Waals surface area contributed by atoms with Crippen molar-refractivity contribution in [2.24, 2.45) is 5.92 Å². The van der Waals surface area contributed by atoms with Gasteiger partial charge in [-0.15, -0.1) is 11.8 Å². The number of amides is 1. The molecule has 1 aliphatic rings. The van der Waals surface area contributed by atoms with E-state index in [9.17, 15) is 4.79 Å². The average Bonchev–Trinajstić information content (AvgIpc) is 3.16. The molecule has 27 heavy (non-hydrogen) atoms. The molecule has 0 saturated carbocycles. The quantitative estimate of drug-likeness (QED) is 0.456. The topological polar surface area (TPSA) is 63.7 Å². The Morgan fingerprint density at radius 2 is 2.22 bits per heavy atom. The summed E-state index contributed by atoms with van der Waals surface area (Å²) in [7, 11) is 0. The van der Waals surface area contributed by atoms with Crippen molar-refractivity contribution in [2.75, 3.05) is 13.1 Å². The molecule has 1 aliphatic heterocycles. The molecule has 7 heteroatoms. The summed E-state index contributed by atoms with van der Waals surface area (Å²) < 4.78 is 11.5. The van der Waals surface area contributed by atoms with Crippen LogP contribution in [0.5, 0.6) is 5.19 Å². The zero-order valence-corrected chi connectivity index (χ0v) is 17.8. The molecule has 1 aromatic heterocycles. The Morgan fingerprint density at radius 3 is 2.85 bits per heavy atom. The van der Waals surface area contributed by atoms with Gasteiger partial charge in [0, 0.05) is 24.9 Å². The molecule has 2 rings (SSSR count). The fraction of sp³-hybridized carbons (Fsp3) is 0.600. The highest BCUT2D eigenvalue weighted by Crippen LogP contribution is 2.31. The highest BCUT2D eigenvalue weighted by Gasteiger charge is 2.38. The lowest BCUT2D eigenvalue weighted by atomic mass is 10.2. The van der Waals surface area contributed by atoms with Gasteiger partial charge in [-0.3, -0.25) is 9.69 Å². The number of thiazole rings is 1. The predicted octanol–water partition coefficient (Wildman–Crippen LogP) is 3.62. The number of carbonyl (C=O) groups is 1. The Labute approximate surface area is 165 Å². The number of rotatable bonds is 6. The van der Waals surface area contributed by atoms with Crippen LogP contribution in [-0.4, -0.2) is 40.6 Å². The van der Waals surface area contributed by atoms with Crippen LogP contribution in [-0.2, 0) is 4.74 Å². The lowest BCUT2D eigenvalue weighted by molar-refractivity contribution is -0.0475. The van der Waals surface area contributed by atoms with Gasteiger partial charge in [-0.25, -0.2) is 4.98 Å². The van der Waals surface area contributed by atoms with Crippen molar-refractivity contribution in [3.8, 4) is 17.0 Å². The lowest BCUT2D eigenvalue weighted by Gasteiger charge is -2.32. The Bertz CT molecular complexity index is 741. The number of ether oxygens (including phenoxy) is 2. The molecule has 2 heterocycles. The highest BCUT2D eigenvalue weighted by molar-refractivity contribution is 7.15. The van der Waals surface area contributed by atoms with E-state index in [-0.39, 0.29) is 11.6 Å². The van der Waals surface area contributed by atoms with Gasteiger partial charge < -0.3 is 14.8 Å². The second-order valence-electron chi connectivity index (χ2n) is 7.44. The van der Waals surface area contributed by atoms with E-state index in [4.69, 9.17) is 9.47 Å². The Hall–Kier alpha value is -2.04. The highest BCUT2D eigenvalue weighted by atomic mass is 32.1. The van der Waals surface area contributed by atoms with Gasteiger partial charge in [0.15, 0.2) is 5.72 Å². The van der Waals surface area contributed by atoms with E-state index in [1.807, 2.05) is 27.7 Å². The lowest BCUT2D eigenvalue weighted by Crippen LogP contribution is -2.43. The fourth-order valence-electron chi connectivity index (χ4n) is 2.77. The summed E-state index contributed by atoms with van der Waals surface area (Å²) in [6, 6.07) is 0.367. The smallest absolute Gasteiger partial charge is 0.278 e. The van der Waals surface area contributed by atoms with Crippen molar-refractivity contribution in [1.82, 2.24) is 15.2 Å². The molecule has 1 amide bonds. The molecular formula is C20H29N3O3S. The van der Waals surface area contributed by atoms with E-state index in [2.05, 4.69) is 40.9 Å². The molecule has 0 spiro atoms. The van der Waals surface area contributed by atoms with Gasteiger partial charge in [0.05, 0.1) is 12.7 Å². The van der Waals surface area contributed by atoms with Gasteiger partial charge in [-0.2, -0.15) is 0 Å². The number of aromatic nitrogens is 1. The van der Waals surface area contributed by atoms with Crippen LogP contribution in [0, 0.1) is 17.8 Å². The van der Waals surface area contributed by atoms with Crippen LogP contribution in [0.4, 0.5) is 0 Å². The summed E-state index contributed by atoms with van der Waals surface area (Å²) in [5.74, 6) is 7.04. The van der Waals surface area contributed by atoms with Crippen molar-refractivity contribution in [3.63, 3.8) is 0 Å². The molecule has 0 unspecified atom stereocenters. The molecular weight excluding hydrogens is 362 g/mol. The van der Waals surface area contributed by atoms with E-state index >= 15 is 0 Å². The monoisotopic (exact) mass is 391 g/mol. The van der Waals surface area contributed by atoms with E-state index in [1.54, 1.807) is 6.26 Å². The molecule has 0 radical (unpaired) electrons. The zero-order chi connectivity index (χ0) is 20.0. The van der Waals surface area contributed by atoms with Crippen molar-refractivity contribution in [3.05, 3.63) is 23.1 Å². The van der Waals surface area contributed by atoms with Gasteiger partial charge in [0.2, 0.25) is 0 Å². The van der Waals surface area contributed by atoms with Gasteiger partial charge in [0.1, 0.15) is 16.9 Å². The predicted molar refractivity (Wildman–Crippen MR) is 107 cm³/mol. The summed E-state index contributed by atoms with van der Waals surface area (Å²) in [5.41, 5.74) is -0.365. The van der Waals surface area contributed by atoms with E-state index in [0.717, 1.165) is 5.76 Å². The minimum Gasteiger partial charge on any atom is -0.473 e. The molecule has 0 bridgehead atoms. The molecule has 0 atom stereocenters. The van der Waals surface area contributed by atoms with Crippen LogP contribution < -0.4 is 10.1 Å². The Kier molecular flexibility index (Phi) is 7.28. The van der Waals surface area contributed by atoms with Gasteiger partial charge in [-0.1, -0.05) is 25.2 Å². The first-order chi connectivity index (χ1) is 12.7. The first kappa shape index (κ1) is 21.3. The third-order valence-corrected chi connectivity index (χ3v) is 4.83. The molecule has 148 valence electrons. The zero-order valence-electron chi connectivity index (χ0n) is 17.0. The van der Waals surface area contributed by atoms with Crippen LogP contribution in [0.25, 0.3) is 0 Å². The summed E-state index contributed by atoms with van der Waals surface area (Å²) in [6.45, 7) is 13.6. The second-order valence-corrected chi connectivity index (χ2v) is 8.44. The van der Waals surface area contributed by atoms with Crippen LogP contribution in [0.15, 0.2) is 18.2 Å². The van der Waals surface area contributed by atoms with Crippen molar-refractivity contribution < 1.29 is 14.3 Å². The van der Waals surface area contributed by atoms with Crippen LogP contribution >= 0.6 is 11.3 Å². The molecule has 1 saturated heterocycles. The third kappa shape index (κ3) is 6.26. The first-order valence-corrected chi connectivity index (χ1v) is 10.0. The summed E-state index contributed by atoms with van der Waals surface area (Å²) >= 11 is 1.20. The van der Waals surface area contributed by atoms with Crippen molar-refractivity contribution in [2.45, 2.75) is 59.7 Å². The van der Waals surface area contributed by atoms with Crippen molar-refractivity contribution >= 4 is 17.2 Å². The maximum absolute atomic E-state index is 12.1. The Morgan fingerprint density at radius 1 is 1.48 bits per heavy atom. The third-order valence-electron chi connectivity index (χ3n) is 3.95. The van der Waals surface area contributed by atoms with Crippen LogP contribution in [0.1, 0.15) is 57.6 Å². The summed E-state index contributed by atoms with van der Waals surface area (Å²) in [4.78, 5) is 19.0. The first-order valence-electron chi connectivity index (χ1n) is 9.23. The van der Waals surface area contributed by atoms with E-state index in [0.29, 0.717) is 41.5 Å². The van der Waals surface area contributed by atoms with Crippen molar-refractivity contribution in [1.29, 1.82) is 0 Å². The van der Waals surface area contributed by atoms with Crippen LogP contribution in [0.2, 0.25) is 0 Å². The minimum atomic E-state index is -0.365. The molecule has 1 aromatic rings. The summed E-state index contributed by atoms with van der Waals surface area (Å²) in [5, 5.41) is 3.25. The number of carbonyl (C=O) groups excluding carboxylic acids is 1. The maximum Gasteiger partial charge on any atom is 0.278 e. The van der Waals surface area contributed by atoms with Gasteiger partial charge in [-0.05, 0) is 27.7 Å². The Balaban J connectivity index is 1.86. The number of hydrogen-bond acceptors (Lipinski definition) is 6. The maximum atomic E-state index is 12.1. The normalized spacial score (nSPS) is 17.7. The number of nitrogens with zero attached hydrogens (tertiary/aromatic N) is 2. The van der Waals surface area contributed by atoms with Crippen LogP contribution in [0.3, 0.4) is 0 Å². The fourth-order valence-corrected chi connectivity index (χ4v) is 3.43. The largest absolute Gasteiger partial charge is 0.473 e. The average molecular weight is 392 g/mol. The minimum absolute atomic E-state index is 0.161. The van der Waals surface area contributed by atoms with E-state index in [1.165, 1.54) is 17.5 Å². The molecule has 0 aromatic carbocycles. The molecule has 0 aliphatic carbocycles. The number of hydrogen-bond donors (Lipinski definition) is 1. The SMILES string of the molecule is CC(C)C#CCCNC(=O)c1cnc(OC=C2CN(C(C)C)C(C)(C)O2)s1. The summed E-state index contributed by atoms with van der Waals surface area (Å²) in [6.07, 6.45) is 3.73. The van der Waals surface area contributed by atoms with E-state index < -0.39 is 0 Å². The standard InChI is InChI=1S/C20H29N3O3S/c1-14(2)9-7-8-10-21-18(24)17-11-22-19(27-17)25-13-16-12-23(15(3)4)20(5,6)26-16/h11,13-15H,8,10,12H2,1-6H3,(H,21,24). The number of nitrogens with one attached hydrogen (secondary N) is 1. The molecule has 1 N–H and O–H groups in total. The van der Waals surface area contributed by atoms with Gasteiger partial charge >= 0.3 is 0 Å².